The van der Waals surface area contributed by atoms with Crippen molar-refractivity contribution in [1.29, 1.82) is 0 Å². The highest BCUT2D eigenvalue weighted by Crippen LogP contribution is 2.22. The molecule has 6 heteroatoms. The first kappa shape index (κ1) is 19.2. The van der Waals surface area contributed by atoms with Crippen molar-refractivity contribution in [2.75, 3.05) is 26.7 Å². The Morgan fingerprint density at radius 2 is 1.82 bits per heavy atom. The Morgan fingerprint density at radius 1 is 1.09 bits per heavy atom. The van der Waals surface area contributed by atoms with Crippen LogP contribution >= 0.6 is 12.4 Å². The van der Waals surface area contributed by atoms with Crippen LogP contribution in [0.5, 0.6) is 0 Å². The maximum Gasteiger partial charge on any atom is 0.245 e. The van der Waals surface area contributed by atoms with Gasteiger partial charge in [0.1, 0.15) is 6.04 Å². The lowest BCUT2D eigenvalue weighted by Gasteiger charge is -2.41. The molecule has 2 rings (SSSR count). The van der Waals surface area contributed by atoms with E-state index in [0.29, 0.717) is 6.04 Å². The molecule has 22 heavy (non-hydrogen) atoms. The van der Waals surface area contributed by atoms with E-state index in [9.17, 15) is 9.59 Å². The van der Waals surface area contributed by atoms with Crippen molar-refractivity contribution in [2.24, 2.45) is 5.92 Å². The minimum absolute atomic E-state index is 0. The molecule has 128 valence electrons. The number of nitrogens with zero attached hydrogens (tertiary/aromatic N) is 2. The van der Waals surface area contributed by atoms with Crippen LogP contribution in [0.15, 0.2) is 0 Å². The van der Waals surface area contributed by atoms with E-state index in [0.717, 1.165) is 51.7 Å². The van der Waals surface area contributed by atoms with Crippen molar-refractivity contribution in [3.63, 3.8) is 0 Å². The lowest BCUT2D eigenvalue weighted by Crippen LogP contribution is -2.57. The fourth-order valence-electron chi connectivity index (χ4n) is 3.41. The Labute approximate surface area is 140 Å². The minimum Gasteiger partial charge on any atom is -0.339 e. The van der Waals surface area contributed by atoms with Crippen molar-refractivity contribution in [3.8, 4) is 0 Å². The van der Waals surface area contributed by atoms with Crippen molar-refractivity contribution in [1.82, 2.24) is 15.1 Å². The molecular formula is C16H30ClN3O2. The predicted octanol–water partition coefficient (Wildman–Crippen LogP) is 1.66. The maximum atomic E-state index is 12.9. The van der Waals surface area contributed by atoms with E-state index in [4.69, 9.17) is 0 Å². The summed E-state index contributed by atoms with van der Waals surface area (Å²) in [6.07, 6.45) is 5.04. The lowest BCUT2D eigenvalue weighted by atomic mass is 9.97. The second kappa shape index (κ2) is 8.73. The Balaban J connectivity index is 0.00000242. The average molecular weight is 332 g/mol. The highest BCUT2D eigenvalue weighted by Gasteiger charge is 2.36. The molecule has 2 unspecified atom stereocenters. The first-order chi connectivity index (χ1) is 10.0. The smallest absolute Gasteiger partial charge is 0.245 e. The highest BCUT2D eigenvalue weighted by molar-refractivity contribution is 5.88. The number of likely N-dealkylation sites (N-methyl/N-ethyl adjacent to an activating group) is 1. The fourth-order valence-corrected chi connectivity index (χ4v) is 3.41. The van der Waals surface area contributed by atoms with Gasteiger partial charge in [0.2, 0.25) is 11.8 Å². The summed E-state index contributed by atoms with van der Waals surface area (Å²) in [5.41, 5.74) is 0. The Morgan fingerprint density at radius 3 is 2.45 bits per heavy atom. The third-order valence-electron chi connectivity index (χ3n) is 4.71. The summed E-state index contributed by atoms with van der Waals surface area (Å²) < 4.78 is 0. The van der Waals surface area contributed by atoms with Crippen LogP contribution in [-0.2, 0) is 9.59 Å². The van der Waals surface area contributed by atoms with Gasteiger partial charge in [-0.05, 0) is 39.2 Å². The zero-order valence-electron chi connectivity index (χ0n) is 14.0. The van der Waals surface area contributed by atoms with Crippen LogP contribution in [0.4, 0.5) is 0 Å². The quantitative estimate of drug-likeness (QED) is 0.855. The molecule has 2 amide bonds. The van der Waals surface area contributed by atoms with Gasteiger partial charge in [-0.15, -0.1) is 12.4 Å². The fraction of sp³-hybridized carbons (Fsp3) is 0.875. The molecule has 2 heterocycles. The summed E-state index contributed by atoms with van der Waals surface area (Å²) in [5.74, 6) is 0.240. The monoisotopic (exact) mass is 331 g/mol. The lowest BCUT2D eigenvalue weighted by molar-refractivity contribution is -0.150. The number of carbonyl (C=O) groups is 2. The van der Waals surface area contributed by atoms with E-state index in [2.05, 4.69) is 5.32 Å². The number of hydrogen-bond acceptors (Lipinski definition) is 3. The molecule has 0 aromatic rings. The van der Waals surface area contributed by atoms with Gasteiger partial charge in [0, 0.05) is 31.6 Å². The van der Waals surface area contributed by atoms with Crippen molar-refractivity contribution < 1.29 is 9.59 Å². The molecule has 2 atom stereocenters. The van der Waals surface area contributed by atoms with Gasteiger partial charge >= 0.3 is 0 Å². The van der Waals surface area contributed by atoms with Gasteiger partial charge < -0.3 is 15.1 Å². The van der Waals surface area contributed by atoms with Gasteiger partial charge in [-0.2, -0.15) is 0 Å². The zero-order valence-corrected chi connectivity index (χ0v) is 14.8. The van der Waals surface area contributed by atoms with Gasteiger partial charge in [0.15, 0.2) is 0 Å². The van der Waals surface area contributed by atoms with Crippen molar-refractivity contribution in [3.05, 3.63) is 0 Å². The second-order valence-electron chi connectivity index (χ2n) is 6.61. The van der Waals surface area contributed by atoms with Gasteiger partial charge in [0.25, 0.3) is 0 Å². The van der Waals surface area contributed by atoms with Crippen LogP contribution in [0.3, 0.4) is 0 Å². The number of rotatable bonds is 3. The molecule has 0 aromatic carbocycles. The first-order valence-electron chi connectivity index (χ1n) is 8.31. The van der Waals surface area contributed by atoms with Crippen LogP contribution in [0.25, 0.3) is 0 Å². The molecule has 2 saturated heterocycles. The van der Waals surface area contributed by atoms with Crippen LogP contribution in [0.1, 0.15) is 46.0 Å². The van der Waals surface area contributed by atoms with Gasteiger partial charge in [-0.3, -0.25) is 9.59 Å². The van der Waals surface area contributed by atoms with E-state index in [-0.39, 0.29) is 36.2 Å². The number of halogens is 1. The van der Waals surface area contributed by atoms with E-state index < -0.39 is 0 Å². The molecule has 2 fully saturated rings. The molecule has 0 aliphatic carbocycles. The van der Waals surface area contributed by atoms with Crippen LogP contribution < -0.4 is 5.32 Å². The molecule has 0 aromatic heterocycles. The standard InChI is InChI=1S/C16H29N3O2.ClH/c1-12(2)15(20)19-10-5-4-8-14(19)16(21)18-9-6-7-13(11-18)17-3;/h12-14,17H,4-11H2,1-3H3;1H. The molecule has 0 spiro atoms. The Bertz CT molecular complexity index is 390. The summed E-state index contributed by atoms with van der Waals surface area (Å²) in [4.78, 5) is 29.0. The van der Waals surface area contributed by atoms with Crippen LogP contribution in [0, 0.1) is 5.92 Å². The molecule has 0 radical (unpaired) electrons. The van der Waals surface area contributed by atoms with Gasteiger partial charge in [-0.25, -0.2) is 0 Å². The minimum atomic E-state index is -0.232. The van der Waals surface area contributed by atoms with E-state index in [1.54, 1.807) is 0 Å². The molecule has 2 aliphatic rings. The maximum absolute atomic E-state index is 12.9. The zero-order chi connectivity index (χ0) is 15.4. The number of likely N-dealkylation sites (tertiary alicyclic amines) is 2. The number of nitrogens with one attached hydrogen (secondary N) is 1. The third-order valence-corrected chi connectivity index (χ3v) is 4.71. The molecular weight excluding hydrogens is 302 g/mol. The van der Waals surface area contributed by atoms with Gasteiger partial charge in [-0.1, -0.05) is 13.8 Å². The molecule has 5 nitrogen and oxygen atoms in total. The molecule has 1 N–H and O–H groups in total. The largest absolute Gasteiger partial charge is 0.339 e. The van der Waals surface area contributed by atoms with Crippen LogP contribution in [0.2, 0.25) is 0 Å². The van der Waals surface area contributed by atoms with Crippen molar-refractivity contribution in [2.45, 2.75) is 58.0 Å². The van der Waals surface area contributed by atoms with Gasteiger partial charge in [0.05, 0.1) is 0 Å². The Hall–Kier alpha value is -0.810. The summed E-state index contributed by atoms with van der Waals surface area (Å²) in [5, 5.41) is 3.27. The molecule has 2 aliphatic heterocycles. The van der Waals surface area contributed by atoms with E-state index in [1.807, 2.05) is 30.7 Å². The first-order valence-corrected chi connectivity index (χ1v) is 8.31. The SMILES string of the molecule is CNC1CCCN(C(=O)C2CCCCN2C(=O)C(C)C)C1.Cl. The summed E-state index contributed by atoms with van der Waals surface area (Å²) in [6.45, 7) is 6.16. The molecule has 0 bridgehead atoms. The van der Waals surface area contributed by atoms with E-state index >= 15 is 0 Å². The number of carbonyl (C=O) groups excluding carboxylic acids is 2. The number of hydrogen-bond donors (Lipinski definition) is 1. The summed E-state index contributed by atoms with van der Waals surface area (Å²) in [7, 11) is 1.95. The normalized spacial score (nSPS) is 25.8. The highest BCUT2D eigenvalue weighted by atomic mass is 35.5. The third kappa shape index (κ3) is 4.35. The number of piperidine rings is 2. The second-order valence-corrected chi connectivity index (χ2v) is 6.61. The van der Waals surface area contributed by atoms with Crippen LogP contribution in [-0.4, -0.2) is 60.4 Å². The Kier molecular flexibility index (Phi) is 7.63. The predicted molar refractivity (Wildman–Crippen MR) is 90.1 cm³/mol. The van der Waals surface area contributed by atoms with Crippen molar-refractivity contribution >= 4 is 24.2 Å². The summed E-state index contributed by atoms with van der Waals surface area (Å²) >= 11 is 0. The molecule has 0 saturated carbocycles. The average Bonchev–Trinajstić information content (AvgIpc) is 2.53. The van der Waals surface area contributed by atoms with E-state index in [1.165, 1.54) is 0 Å². The summed E-state index contributed by atoms with van der Waals surface area (Å²) in [6, 6.07) is 0.157. The topological polar surface area (TPSA) is 52.7 Å². The number of amides is 2.